The lowest BCUT2D eigenvalue weighted by Crippen LogP contribution is -2.16. The lowest BCUT2D eigenvalue weighted by molar-refractivity contribution is 0.0607. The maximum absolute atomic E-state index is 12.4. The molecular formula is C14H15N3O3S. The van der Waals surface area contributed by atoms with Crippen molar-refractivity contribution in [2.45, 2.75) is 26.2 Å². The fourth-order valence-corrected chi connectivity index (χ4v) is 3.44. The van der Waals surface area contributed by atoms with Crippen molar-refractivity contribution in [1.29, 1.82) is 0 Å². The Kier molecular flexibility index (Phi) is 3.50. The summed E-state index contributed by atoms with van der Waals surface area (Å²) in [6.07, 6.45) is 2.83. The van der Waals surface area contributed by atoms with Crippen molar-refractivity contribution in [3.8, 4) is 0 Å². The van der Waals surface area contributed by atoms with Crippen LogP contribution in [0.1, 0.15) is 43.4 Å². The Labute approximate surface area is 125 Å². The van der Waals surface area contributed by atoms with Crippen LogP contribution in [0.3, 0.4) is 0 Å². The number of thiophene rings is 1. The van der Waals surface area contributed by atoms with Gasteiger partial charge in [-0.15, -0.1) is 11.3 Å². The number of amides is 1. The Bertz CT molecular complexity index is 717. The van der Waals surface area contributed by atoms with E-state index in [1.165, 1.54) is 18.4 Å². The number of hydrogen-bond acceptors (Lipinski definition) is 5. The zero-order chi connectivity index (χ0) is 15.0. The first-order chi connectivity index (χ1) is 10.1. The largest absolute Gasteiger partial charge is 0.465 e. The molecular weight excluding hydrogens is 290 g/mol. The lowest BCUT2D eigenvalue weighted by Gasteiger charge is -2.06. The SMILES string of the molecule is COC(=O)c1scc(C)c1NC(=O)c1n[nH]c2c1CCC2. The van der Waals surface area contributed by atoms with Crippen LogP contribution in [0.2, 0.25) is 0 Å². The Morgan fingerprint density at radius 3 is 3.00 bits per heavy atom. The summed E-state index contributed by atoms with van der Waals surface area (Å²) in [6.45, 7) is 1.84. The average Bonchev–Trinajstić information content (AvgIpc) is 3.14. The van der Waals surface area contributed by atoms with Gasteiger partial charge >= 0.3 is 5.97 Å². The number of H-pyrrole nitrogens is 1. The van der Waals surface area contributed by atoms with Crippen LogP contribution < -0.4 is 5.32 Å². The molecule has 0 fully saturated rings. The third-order valence-electron chi connectivity index (χ3n) is 3.61. The predicted molar refractivity (Wildman–Crippen MR) is 79.0 cm³/mol. The monoisotopic (exact) mass is 305 g/mol. The highest BCUT2D eigenvalue weighted by Gasteiger charge is 2.25. The fraction of sp³-hybridized carbons (Fsp3) is 0.357. The van der Waals surface area contributed by atoms with Crippen LogP contribution in [-0.4, -0.2) is 29.2 Å². The first kappa shape index (κ1) is 13.8. The van der Waals surface area contributed by atoms with Crippen molar-refractivity contribution >= 4 is 28.9 Å². The number of nitrogens with one attached hydrogen (secondary N) is 2. The number of carbonyl (C=O) groups is 2. The normalized spacial score (nSPS) is 13.0. The van der Waals surface area contributed by atoms with Gasteiger partial charge in [0.15, 0.2) is 5.69 Å². The molecule has 6 nitrogen and oxygen atoms in total. The number of fused-ring (bicyclic) bond motifs is 1. The second kappa shape index (κ2) is 5.33. The molecule has 2 aromatic rings. The highest BCUT2D eigenvalue weighted by Crippen LogP contribution is 2.30. The second-order valence-electron chi connectivity index (χ2n) is 4.95. The predicted octanol–water partition coefficient (Wildman–Crippen LogP) is 2.31. The van der Waals surface area contributed by atoms with Crippen molar-refractivity contribution in [2.24, 2.45) is 0 Å². The van der Waals surface area contributed by atoms with E-state index in [0.29, 0.717) is 16.3 Å². The Morgan fingerprint density at radius 2 is 2.24 bits per heavy atom. The molecule has 0 spiro atoms. The van der Waals surface area contributed by atoms with E-state index in [9.17, 15) is 9.59 Å². The smallest absolute Gasteiger partial charge is 0.350 e. The van der Waals surface area contributed by atoms with Gasteiger partial charge in [0.2, 0.25) is 0 Å². The molecule has 0 radical (unpaired) electrons. The number of carbonyl (C=O) groups excluding carboxylic acids is 2. The molecule has 2 N–H and O–H groups in total. The molecule has 1 aliphatic rings. The Balaban J connectivity index is 1.88. The zero-order valence-electron chi connectivity index (χ0n) is 11.8. The highest BCUT2D eigenvalue weighted by atomic mass is 32.1. The molecule has 0 unspecified atom stereocenters. The molecule has 21 heavy (non-hydrogen) atoms. The molecule has 3 rings (SSSR count). The van der Waals surface area contributed by atoms with E-state index in [1.54, 1.807) is 0 Å². The molecule has 2 aromatic heterocycles. The number of methoxy groups -OCH3 is 1. The number of rotatable bonds is 3. The summed E-state index contributed by atoms with van der Waals surface area (Å²) in [5, 5.41) is 11.6. The number of hydrogen-bond donors (Lipinski definition) is 2. The number of aromatic amines is 1. The minimum Gasteiger partial charge on any atom is -0.465 e. The number of esters is 1. The number of ether oxygens (including phenoxy) is 1. The molecule has 2 heterocycles. The van der Waals surface area contributed by atoms with Gasteiger partial charge in [-0.2, -0.15) is 5.10 Å². The summed E-state index contributed by atoms with van der Waals surface area (Å²) in [4.78, 5) is 24.5. The molecule has 0 saturated heterocycles. The van der Waals surface area contributed by atoms with E-state index in [1.807, 2.05) is 12.3 Å². The van der Waals surface area contributed by atoms with Crippen LogP contribution in [0.5, 0.6) is 0 Å². The first-order valence-electron chi connectivity index (χ1n) is 6.65. The van der Waals surface area contributed by atoms with Gasteiger partial charge in [-0.05, 0) is 37.1 Å². The van der Waals surface area contributed by atoms with Crippen LogP contribution in [0.4, 0.5) is 5.69 Å². The fourth-order valence-electron chi connectivity index (χ4n) is 2.52. The van der Waals surface area contributed by atoms with Crippen molar-refractivity contribution < 1.29 is 14.3 Å². The Morgan fingerprint density at radius 1 is 1.43 bits per heavy atom. The molecule has 1 amide bonds. The first-order valence-corrected chi connectivity index (χ1v) is 7.53. The quantitative estimate of drug-likeness (QED) is 0.852. The maximum Gasteiger partial charge on any atom is 0.350 e. The van der Waals surface area contributed by atoms with Crippen LogP contribution in [-0.2, 0) is 17.6 Å². The Hall–Kier alpha value is -2.15. The van der Waals surface area contributed by atoms with Crippen LogP contribution in [0, 0.1) is 6.92 Å². The van der Waals surface area contributed by atoms with Gasteiger partial charge in [0.1, 0.15) is 4.88 Å². The summed E-state index contributed by atoms with van der Waals surface area (Å²) in [7, 11) is 1.32. The topological polar surface area (TPSA) is 84.1 Å². The number of aryl methyl sites for hydroxylation is 2. The van der Waals surface area contributed by atoms with Crippen LogP contribution >= 0.6 is 11.3 Å². The maximum atomic E-state index is 12.4. The van der Waals surface area contributed by atoms with Gasteiger partial charge in [0, 0.05) is 11.3 Å². The van der Waals surface area contributed by atoms with E-state index < -0.39 is 5.97 Å². The number of aromatic nitrogens is 2. The van der Waals surface area contributed by atoms with E-state index in [4.69, 9.17) is 4.74 Å². The number of anilines is 1. The van der Waals surface area contributed by atoms with E-state index in [2.05, 4.69) is 15.5 Å². The third-order valence-corrected chi connectivity index (χ3v) is 4.68. The third kappa shape index (κ3) is 2.33. The summed E-state index contributed by atoms with van der Waals surface area (Å²) in [6, 6.07) is 0. The minimum atomic E-state index is -0.448. The van der Waals surface area contributed by atoms with Crippen molar-refractivity contribution in [1.82, 2.24) is 10.2 Å². The van der Waals surface area contributed by atoms with Crippen molar-refractivity contribution in [3.63, 3.8) is 0 Å². The standard InChI is InChI=1S/C14H15N3O3S/c1-7-6-21-12(14(19)20-2)10(7)15-13(18)11-8-4-3-5-9(8)16-17-11/h6H,3-5H2,1-2H3,(H,15,18)(H,16,17). The van der Waals surface area contributed by atoms with Crippen LogP contribution in [0.15, 0.2) is 5.38 Å². The van der Waals surface area contributed by atoms with Gasteiger partial charge in [0.25, 0.3) is 5.91 Å². The van der Waals surface area contributed by atoms with Gasteiger partial charge in [-0.25, -0.2) is 4.79 Å². The van der Waals surface area contributed by atoms with Gasteiger partial charge in [-0.1, -0.05) is 0 Å². The second-order valence-corrected chi connectivity index (χ2v) is 5.83. The summed E-state index contributed by atoms with van der Waals surface area (Å²) in [5.41, 5.74) is 3.78. The number of nitrogens with zero attached hydrogens (tertiary/aromatic N) is 1. The van der Waals surface area contributed by atoms with Crippen molar-refractivity contribution in [2.75, 3.05) is 12.4 Å². The van der Waals surface area contributed by atoms with Gasteiger partial charge in [0.05, 0.1) is 12.8 Å². The lowest BCUT2D eigenvalue weighted by atomic mass is 10.2. The van der Waals surface area contributed by atoms with E-state index >= 15 is 0 Å². The average molecular weight is 305 g/mol. The molecule has 0 saturated carbocycles. The molecule has 1 aliphatic carbocycles. The van der Waals surface area contributed by atoms with Crippen LogP contribution in [0.25, 0.3) is 0 Å². The molecule has 7 heteroatoms. The summed E-state index contributed by atoms with van der Waals surface area (Å²) < 4.78 is 4.73. The molecule has 0 aromatic carbocycles. The molecule has 0 bridgehead atoms. The van der Waals surface area contributed by atoms with Gasteiger partial charge in [-0.3, -0.25) is 9.89 Å². The van der Waals surface area contributed by atoms with E-state index in [-0.39, 0.29) is 5.91 Å². The van der Waals surface area contributed by atoms with Gasteiger partial charge < -0.3 is 10.1 Å². The minimum absolute atomic E-state index is 0.291. The summed E-state index contributed by atoms with van der Waals surface area (Å²) >= 11 is 1.26. The summed E-state index contributed by atoms with van der Waals surface area (Å²) in [5.74, 6) is -0.739. The van der Waals surface area contributed by atoms with E-state index in [0.717, 1.165) is 36.1 Å². The van der Waals surface area contributed by atoms with Crippen molar-refractivity contribution in [3.05, 3.63) is 32.8 Å². The highest BCUT2D eigenvalue weighted by molar-refractivity contribution is 7.12. The molecule has 110 valence electrons. The molecule has 0 aliphatic heterocycles. The molecule has 0 atom stereocenters. The zero-order valence-corrected chi connectivity index (χ0v) is 12.6.